The number of morpholine rings is 1. The van der Waals surface area contributed by atoms with Gasteiger partial charge in [-0.2, -0.15) is 0 Å². The Balaban J connectivity index is 2.02. The van der Waals surface area contributed by atoms with Gasteiger partial charge in [0, 0.05) is 46.0 Å². The van der Waals surface area contributed by atoms with Crippen molar-refractivity contribution in [3.8, 4) is 0 Å². The first kappa shape index (κ1) is 17.7. The number of hydrogen-bond acceptors (Lipinski definition) is 5. The van der Waals surface area contributed by atoms with Crippen LogP contribution in [0.2, 0.25) is 0 Å². The average Bonchev–Trinajstić information content (AvgIpc) is 2.60. The molecule has 128 valence electrons. The first-order chi connectivity index (χ1) is 11.2. The zero-order valence-corrected chi connectivity index (χ0v) is 14.0. The highest BCUT2D eigenvalue weighted by Gasteiger charge is 2.19. The highest BCUT2D eigenvalue weighted by Crippen LogP contribution is 2.23. The molecule has 1 atom stereocenters. The lowest BCUT2D eigenvalue weighted by molar-refractivity contribution is -0.132. The number of ether oxygens (including phenoxy) is 2. The third-order valence-corrected chi connectivity index (χ3v) is 4.18. The van der Waals surface area contributed by atoms with Crippen LogP contribution < -0.4 is 10.6 Å². The van der Waals surface area contributed by atoms with Crippen molar-refractivity contribution >= 4 is 11.6 Å². The van der Waals surface area contributed by atoms with E-state index in [-0.39, 0.29) is 12.0 Å². The molecule has 6 heteroatoms. The summed E-state index contributed by atoms with van der Waals surface area (Å²) in [6.07, 6.45) is 0.0860. The van der Waals surface area contributed by atoms with Crippen molar-refractivity contribution in [1.82, 2.24) is 4.90 Å². The molecule has 1 amide bonds. The van der Waals surface area contributed by atoms with E-state index in [2.05, 4.69) is 17.0 Å². The van der Waals surface area contributed by atoms with Crippen LogP contribution in [0.1, 0.15) is 12.0 Å². The summed E-state index contributed by atoms with van der Waals surface area (Å²) >= 11 is 0. The summed E-state index contributed by atoms with van der Waals surface area (Å²) in [5.41, 5.74) is 7.92. The summed E-state index contributed by atoms with van der Waals surface area (Å²) in [4.78, 5) is 16.4. The van der Waals surface area contributed by atoms with Crippen molar-refractivity contribution in [2.24, 2.45) is 5.73 Å². The lowest BCUT2D eigenvalue weighted by atomic mass is 10.1. The maximum Gasteiger partial charge on any atom is 0.225 e. The van der Waals surface area contributed by atoms with Crippen LogP contribution in [0.5, 0.6) is 0 Å². The van der Waals surface area contributed by atoms with E-state index in [1.807, 2.05) is 19.2 Å². The molecule has 0 aliphatic carbocycles. The van der Waals surface area contributed by atoms with Crippen molar-refractivity contribution in [1.29, 1.82) is 0 Å². The lowest BCUT2D eigenvalue weighted by Gasteiger charge is -2.31. The molecule has 1 heterocycles. The smallest absolute Gasteiger partial charge is 0.225 e. The minimum Gasteiger partial charge on any atom is -0.380 e. The van der Waals surface area contributed by atoms with Gasteiger partial charge in [0.05, 0.1) is 25.7 Å². The van der Waals surface area contributed by atoms with Crippen molar-refractivity contribution in [3.63, 3.8) is 0 Å². The molecular formula is C17H27N3O3. The van der Waals surface area contributed by atoms with E-state index in [9.17, 15) is 4.79 Å². The Morgan fingerprint density at radius 3 is 2.74 bits per heavy atom. The summed E-state index contributed by atoms with van der Waals surface area (Å²) in [5, 5.41) is 0. The van der Waals surface area contributed by atoms with Crippen LogP contribution in [0.25, 0.3) is 0 Å². The molecule has 6 nitrogen and oxygen atoms in total. The van der Waals surface area contributed by atoms with E-state index in [0.29, 0.717) is 19.5 Å². The van der Waals surface area contributed by atoms with E-state index >= 15 is 0 Å². The molecule has 2 N–H and O–H groups in total. The second-order valence-electron chi connectivity index (χ2n) is 5.78. The molecule has 1 aliphatic rings. The minimum atomic E-state index is -0.223. The fourth-order valence-electron chi connectivity index (χ4n) is 2.71. The van der Waals surface area contributed by atoms with Gasteiger partial charge in [-0.25, -0.2) is 0 Å². The molecule has 1 aromatic rings. The number of carbonyl (C=O) groups is 1. The Labute approximate surface area is 138 Å². The number of benzene rings is 1. The molecule has 1 fully saturated rings. The highest BCUT2D eigenvalue weighted by atomic mass is 16.5. The third kappa shape index (κ3) is 4.92. The van der Waals surface area contributed by atoms with E-state index in [4.69, 9.17) is 15.2 Å². The first-order valence-electron chi connectivity index (χ1n) is 8.03. The maximum atomic E-state index is 12.3. The molecule has 1 saturated heterocycles. The van der Waals surface area contributed by atoms with Gasteiger partial charge in [0.2, 0.25) is 5.91 Å². The van der Waals surface area contributed by atoms with Crippen LogP contribution in [0.4, 0.5) is 5.69 Å². The molecule has 1 aliphatic heterocycles. The number of anilines is 1. The normalized spacial score (nSPS) is 16.2. The van der Waals surface area contributed by atoms with E-state index < -0.39 is 0 Å². The Morgan fingerprint density at radius 1 is 1.39 bits per heavy atom. The number of para-hydroxylation sites is 1. The van der Waals surface area contributed by atoms with Gasteiger partial charge in [-0.3, -0.25) is 4.79 Å². The van der Waals surface area contributed by atoms with Gasteiger partial charge >= 0.3 is 0 Å². The second kappa shape index (κ2) is 8.86. The van der Waals surface area contributed by atoms with Crippen molar-refractivity contribution < 1.29 is 14.3 Å². The maximum absolute atomic E-state index is 12.3. The van der Waals surface area contributed by atoms with Gasteiger partial charge in [0.15, 0.2) is 0 Å². The van der Waals surface area contributed by atoms with Crippen LogP contribution in [-0.4, -0.2) is 63.9 Å². The molecule has 0 radical (unpaired) electrons. The minimum absolute atomic E-state index is 0.0408. The van der Waals surface area contributed by atoms with Gasteiger partial charge in [0.25, 0.3) is 0 Å². The van der Waals surface area contributed by atoms with E-state index in [1.54, 1.807) is 12.0 Å². The number of rotatable bonds is 7. The molecule has 0 saturated carbocycles. The van der Waals surface area contributed by atoms with Crippen LogP contribution >= 0.6 is 0 Å². The van der Waals surface area contributed by atoms with E-state index in [0.717, 1.165) is 31.9 Å². The number of amides is 1. The van der Waals surface area contributed by atoms with Crippen LogP contribution in [0.3, 0.4) is 0 Å². The molecule has 2 rings (SSSR count). The highest BCUT2D eigenvalue weighted by molar-refractivity contribution is 5.76. The quantitative estimate of drug-likeness (QED) is 0.806. The predicted octanol–water partition coefficient (Wildman–Crippen LogP) is 0.845. The molecule has 23 heavy (non-hydrogen) atoms. The summed E-state index contributed by atoms with van der Waals surface area (Å²) in [5.74, 6) is 0.0408. The predicted molar refractivity (Wildman–Crippen MR) is 90.4 cm³/mol. The molecule has 0 bridgehead atoms. The topological polar surface area (TPSA) is 68.0 Å². The Hall–Kier alpha value is -1.63. The summed E-state index contributed by atoms with van der Waals surface area (Å²) in [6.45, 7) is 4.18. The second-order valence-corrected chi connectivity index (χ2v) is 5.78. The first-order valence-corrected chi connectivity index (χ1v) is 8.03. The van der Waals surface area contributed by atoms with Crippen molar-refractivity contribution in [3.05, 3.63) is 29.8 Å². The Morgan fingerprint density at radius 2 is 2.09 bits per heavy atom. The third-order valence-electron chi connectivity index (χ3n) is 4.18. The van der Waals surface area contributed by atoms with Gasteiger partial charge in [-0.1, -0.05) is 18.2 Å². The zero-order valence-electron chi connectivity index (χ0n) is 14.0. The summed E-state index contributed by atoms with van der Waals surface area (Å²) < 4.78 is 10.6. The number of hydrogen-bond donors (Lipinski definition) is 1. The van der Waals surface area contributed by atoms with Crippen LogP contribution in [0, 0.1) is 0 Å². The van der Waals surface area contributed by atoms with Gasteiger partial charge in [-0.05, 0) is 11.6 Å². The molecule has 1 unspecified atom stereocenters. The van der Waals surface area contributed by atoms with Crippen LogP contribution in [0.15, 0.2) is 24.3 Å². The summed E-state index contributed by atoms with van der Waals surface area (Å²) in [6, 6.07) is 8.23. The molecule has 0 aromatic heterocycles. The lowest BCUT2D eigenvalue weighted by Crippen LogP contribution is -2.37. The Bertz CT molecular complexity index is 500. The fraction of sp³-hybridized carbons (Fsp3) is 0.588. The van der Waals surface area contributed by atoms with E-state index in [1.165, 1.54) is 5.69 Å². The molecule has 1 aromatic carbocycles. The number of carbonyl (C=O) groups excluding carboxylic acids is 1. The fourth-order valence-corrected chi connectivity index (χ4v) is 2.71. The van der Waals surface area contributed by atoms with Crippen molar-refractivity contribution in [2.75, 3.05) is 51.9 Å². The van der Waals surface area contributed by atoms with Gasteiger partial charge in [-0.15, -0.1) is 0 Å². The SMILES string of the molecule is COC(CN)CC(=O)N(C)Cc1ccccc1N1CCOCC1. The number of nitrogens with two attached hydrogens (primary N) is 1. The standard InChI is InChI=1S/C17H27N3O3/c1-19(17(21)11-15(12-18)22-2)13-14-5-3-4-6-16(14)20-7-9-23-10-8-20/h3-6,15H,7-13,18H2,1-2H3. The Kier molecular flexibility index (Phi) is 6.83. The monoisotopic (exact) mass is 321 g/mol. The van der Waals surface area contributed by atoms with Gasteiger partial charge in [0.1, 0.15) is 0 Å². The number of methoxy groups -OCH3 is 1. The number of nitrogens with zero attached hydrogens (tertiary/aromatic N) is 2. The van der Waals surface area contributed by atoms with Crippen LogP contribution in [-0.2, 0) is 20.8 Å². The largest absolute Gasteiger partial charge is 0.380 e. The zero-order chi connectivity index (χ0) is 16.7. The summed E-state index contributed by atoms with van der Waals surface area (Å²) in [7, 11) is 3.40. The average molecular weight is 321 g/mol. The molecule has 0 spiro atoms. The van der Waals surface area contributed by atoms with Gasteiger partial charge < -0.3 is 25.0 Å². The molecular weight excluding hydrogens is 294 g/mol. The van der Waals surface area contributed by atoms with Crippen molar-refractivity contribution in [2.45, 2.75) is 19.1 Å².